The van der Waals surface area contributed by atoms with Gasteiger partial charge in [-0.3, -0.25) is 0 Å². The summed E-state index contributed by atoms with van der Waals surface area (Å²) in [4.78, 5) is -0.0972. The van der Waals surface area contributed by atoms with Crippen LogP contribution in [0, 0.1) is 0 Å². The number of alkyl halides is 2. The van der Waals surface area contributed by atoms with Crippen molar-refractivity contribution in [2.75, 3.05) is 13.2 Å². The van der Waals surface area contributed by atoms with Crippen LogP contribution >= 0.6 is 31.9 Å². The molecule has 0 rings (SSSR count). The van der Waals surface area contributed by atoms with Gasteiger partial charge in [-0.1, -0.05) is 31.9 Å². The van der Waals surface area contributed by atoms with Crippen molar-refractivity contribution in [1.29, 1.82) is 0 Å². The molecule has 0 amide bonds. The highest BCUT2D eigenvalue weighted by molar-refractivity contribution is 9.12. The zero-order valence-electron chi connectivity index (χ0n) is 4.22. The van der Waals surface area contributed by atoms with Gasteiger partial charge >= 0.3 is 0 Å². The molecule has 2 nitrogen and oxygen atoms in total. The smallest absolute Gasteiger partial charge is 0.0568 e. The topological polar surface area (TPSA) is 40.5 Å². The highest BCUT2D eigenvalue weighted by atomic mass is 79.9. The molecule has 0 saturated carbocycles. The largest absolute Gasteiger partial charge is 0.395 e. The fraction of sp³-hybridized carbons (Fsp3) is 1.00. The third kappa shape index (κ3) is 3.02. The van der Waals surface area contributed by atoms with Crippen LogP contribution in [-0.4, -0.2) is 33.1 Å². The Morgan fingerprint density at radius 2 is 1.25 bits per heavy atom. The summed E-state index contributed by atoms with van der Waals surface area (Å²) in [6.07, 6.45) is 0. The summed E-state index contributed by atoms with van der Waals surface area (Å²) in [5, 5.41) is 16.9. The van der Waals surface area contributed by atoms with Crippen LogP contribution in [0.15, 0.2) is 0 Å². The van der Waals surface area contributed by atoms with E-state index in [1.165, 1.54) is 0 Å². The Bertz CT molecular complexity index is 52.0. The molecule has 0 saturated heterocycles. The number of aliphatic hydroxyl groups is 2. The van der Waals surface area contributed by atoms with E-state index < -0.39 is 0 Å². The Labute approximate surface area is 65.2 Å². The van der Waals surface area contributed by atoms with Crippen LogP contribution in [0.5, 0.6) is 0 Å². The average Bonchev–Trinajstić information content (AvgIpc) is 1.84. The van der Waals surface area contributed by atoms with E-state index in [0.717, 1.165) is 0 Å². The Hall–Kier alpha value is 0.880. The van der Waals surface area contributed by atoms with Crippen molar-refractivity contribution in [3.05, 3.63) is 0 Å². The summed E-state index contributed by atoms with van der Waals surface area (Å²) in [7, 11) is 0. The number of rotatable bonds is 3. The van der Waals surface area contributed by atoms with E-state index in [9.17, 15) is 0 Å². The standard InChI is InChI=1S/C4H8Br2O2/c5-3(1-7)4(6)2-8/h3-4,7-8H,1-2H2/t3-,4+. The van der Waals surface area contributed by atoms with Gasteiger partial charge < -0.3 is 10.2 Å². The fourth-order valence-corrected chi connectivity index (χ4v) is 0.563. The van der Waals surface area contributed by atoms with E-state index in [0.29, 0.717) is 0 Å². The first kappa shape index (κ1) is 8.88. The summed E-state index contributed by atoms with van der Waals surface area (Å²) in [5.41, 5.74) is 0. The van der Waals surface area contributed by atoms with E-state index in [4.69, 9.17) is 10.2 Å². The molecule has 2 N–H and O–H groups in total. The van der Waals surface area contributed by atoms with Crippen LogP contribution in [0.4, 0.5) is 0 Å². The first-order valence-electron chi connectivity index (χ1n) is 2.22. The molecule has 0 spiro atoms. The summed E-state index contributed by atoms with van der Waals surface area (Å²) >= 11 is 6.29. The molecule has 0 radical (unpaired) electrons. The quantitative estimate of drug-likeness (QED) is 0.714. The molecule has 0 aliphatic rings. The first-order valence-corrected chi connectivity index (χ1v) is 4.05. The van der Waals surface area contributed by atoms with Crippen molar-refractivity contribution in [2.45, 2.75) is 9.65 Å². The second kappa shape index (κ2) is 4.73. The average molecular weight is 248 g/mol. The molecule has 50 valence electrons. The first-order chi connectivity index (χ1) is 3.72. The monoisotopic (exact) mass is 246 g/mol. The summed E-state index contributed by atoms with van der Waals surface area (Å²) in [6, 6.07) is 0. The van der Waals surface area contributed by atoms with Crippen LogP contribution in [0.2, 0.25) is 0 Å². The Kier molecular flexibility index (Phi) is 5.25. The molecule has 0 bridgehead atoms. The number of halogens is 2. The van der Waals surface area contributed by atoms with Gasteiger partial charge in [-0.25, -0.2) is 0 Å². The third-order valence-corrected chi connectivity index (χ3v) is 3.31. The maximum absolute atomic E-state index is 8.45. The van der Waals surface area contributed by atoms with Gasteiger partial charge in [0.05, 0.1) is 22.9 Å². The molecule has 0 fully saturated rings. The van der Waals surface area contributed by atoms with Gasteiger partial charge in [0.2, 0.25) is 0 Å². The van der Waals surface area contributed by atoms with Crippen molar-refractivity contribution in [1.82, 2.24) is 0 Å². The number of hydrogen-bond acceptors (Lipinski definition) is 2. The predicted octanol–water partition coefficient (Wildman–Crippen LogP) is 0.498. The molecule has 0 aromatic rings. The maximum atomic E-state index is 8.45. The lowest BCUT2D eigenvalue weighted by molar-refractivity contribution is 0.256. The summed E-state index contributed by atoms with van der Waals surface area (Å²) in [5.74, 6) is 0. The van der Waals surface area contributed by atoms with Crippen molar-refractivity contribution in [2.24, 2.45) is 0 Å². The molecule has 0 aromatic carbocycles. The SMILES string of the molecule is OC[C@@H](Br)[C@@H](Br)CO. The minimum absolute atomic E-state index is 0.0382. The molecule has 0 aromatic heterocycles. The van der Waals surface area contributed by atoms with Crippen molar-refractivity contribution < 1.29 is 10.2 Å². The van der Waals surface area contributed by atoms with Crippen molar-refractivity contribution in [3.8, 4) is 0 Å². The molecule has 8 heavy (non-hydrogen) atoms. The minimum Gasteiger partial charge on any atom is -0.395 e. The van der Waals surface area contributed by atoms with Gasteiger partial charge in [-0.2, -0.15) is 0 Å². The normalized spacial score (nSPS) is 18.0. The highest BCUT2D eigenvalue weighted by Crippen LogP contribution is 2.12. The van der Waals surface area contributed by atoms with Crippen molar-refractivity contribution >= 4 is 31.9 Å². The van der Waals surface area contributed by atoms with Gasteiger partial charge in [0, 0.05) is 0 Å². The molecular formula is C4H8Br2O2. The van der Waals surface area contributed by atoms with E-state index in [1.807, 2.05) is 0 Å². The Balaban J connectivity index is 3.29. The van der Waals surface area contributed by atoms with Crippen LogP contribution in [0.3, 0.4) is 0 Å². The molecule has 0 aliphatic carbocycles. The number of hydrogen-bond donors (Lipinski definition) is 2. The Morgan fingerprint density at radius 3 is 1.38 bits per heavy atom. The van der Waals surface area contributed by atoms with E-state index in [1.54, 1.807) is 0 Å². The Morgan fingerprint density at radius 1 is 1.00 bits per heavy atom. The van der Waals surface area contributed by atoms with E-state index in [2.05, 4.69) is 31.9 Å². The van der Waals surface area contributed by atoms with Gasteiger partial charge in [-0.15, -0.1) is 0 Å². The molecular weight excluding hydrogens is 240 g/mol. The number of aliphatic hydroxyl groups excluding tert-OH is 2. The van der Waals surface area contributed by atoms with Crippen LogP contribution in [0.1, 0.15) is 0 Å². The van der Waals surface area contributed by atoms with Gasteiger partial charge in [0.15, 0.2) is 0 Å². The lowest BCUT2D eigenvalue weighted by Crippen LogP contribution is -2.21. The predicted molar refractivity (Wildman–Crippen MR) is 39.6 cm³/mol. The van der Waals surface area contributed by atoms with Gasteiger partial charge in [0.1, 0.15) is 0 Å². The summed E-state index contributed by atoms with van der Waals surface area (Å²) in [6.45, 7) is 0.0763. The second-order valence-corrected chi connectivity index (χ2v) is 3.75. The van der Waals surface area contributed by atoms with Crippen molar-refractivity contribution in [3.63, 3.8) is 0 Å². The molecule has 0 heterocycles. The molecule has 0 unspecified atom stereocenters. The fourth-order valence-electron chi connectivity index (χ4n) is 0.229. The molecule has 4 heteroatoms. The van der Waals surface area contributed by atoms with Crippen LogP contribution in [0.25, 0.3) is 0 Å². The van der Waals surface area contributed by atoms with Gasteiger partial charge in [0.25, 0.3) is 0 Å². The van der Waals surface area contributed by atoms with E-state index >= 15 is 0 Å². The van der Waals surface area contributed by atoms with Gasteiger partial charge in [-0.05, 0) is 0 Å². The van der Waals surface area contributed by atoms with Crippen LogP contribution < -0.4 is 0 Å². The third-order valence-electron chi connectivity index (χ3n) is 0.741. The lowest BCUT2D eigenvalue weighted by atomic mass is 10.3. The highest BCUT2D eigenvalue weighted by Gasteiger charge is 2.11. The summed E-state index contributed by atoms with van der Waals surface area (Å²) < 4.78 is 0. The maximum Gasteiger partial charge on any atom is 0.0568 e. The zero-order chi connectivity index (χ0) is 6.57. The second-order valence-electron chi connectivity index (χ2n) is 1.40. The van der Waals surface area contributed by atoms with Crippen LogP contribution in [-0.2, 0) is 0 Å². The lowest BCUT2D eigenvalue weighted by Gasteiger charge is -2.09. The molecule has 0 aliphatic heterocycles. The van der Waals surface area contributed by atoms with E-state index in [-0.39, 0.29) is 22.9 Å². The minimum atomic E-state index is -0.0486. The zero-order valence-corrected chi connectivity index (χ0v) is 7.39. The molecule has 2 atom stereocenters.